The Bertz CT molecular complexity index is 765. The maximum atomic E-state index is 6.39. The minimum atomic E-state index is 0.947. The summed E-state index contributed by atoms with van der Waals surface area (Å²) in [5.74, 6) is 2.02. The van der Waals surface area contributed by atoms with E-state index in [9.17, 15) is 0 Å². The van der Waals surface area contributed by atoms with E-state index in [2.05, 4.69) is 62.4 Å². The normalized spacial score (nSPS) is 11.2. The Labute approximate surface area is 230 Å². The summed E-state index contributed by atoms with van der Waals surface area (Å²) in [6, 6.07) is 17.1. The lowest BCUT2D eigenvalue weighted by molar-refractivity contribution is 0.472. The fraction of sp³-hybridized carbons (Fsp3) is 0.667. The van der Waals surface area contributed by atoms with E-state index in [1.54, 1.807) is 0 Å². The van der Waals surface area contributed by atoms with Gasteiger partial charge in [0.2, 0.25) is 0 Å². The van der Waals surface area contributed by atoms with Crippen LogP contribution in [0.15, 0.2) is 48.5 Å². The second-order valence-electron chi connectivity index (χ2n) is 11.2. The quantitative estimate of drug-likeness (QED) is 0.129. The molecule has 1 nitrogen and oxygen atoms in total. The molecule has 37 heavy (non-hydrogen) atoms. The molecule has 0 aliphatic rings. The van der Waals surface area contributed by atoms with E-state index in [0.717, 1.165) is 17.9 Å². The molecule has 0 bridgehead atoms. The second kappa shape index (κ2) is 22.2. The van der Waals surface area contributed by atoms with Crippen LogP contribution in [-0.4, -0.2) is 0 Å². The highest BCUT2D eigenvalue weighted by molar-refractivity contribution is 5.43. The van der Waals surface area contributed by atoms with E-state index < -0.39 is 0 Å². The lowest BCUT2D eigenvalue weighted by Crippen LogP contribution is -1.99. The zero-order chi connectivity index (χ0) is 26.2. The zero-order valence-corrected chi connectivity index (χ0v) is 24.6. The molecule has 0 fully saturated rings. The van der Waals surface area contributed by atoms with Crippen molar-refractivity contribution in [2.45, 2.75) is 155 Å². The van der Waals surface area contributed by atoms with Crippen molar-refractivity contribution in [1.29, 1.82) is 0 Å². The van der Waals surface area contributed by atoms with Crippen molar-refractivity contribution in [3.63, 3.8) is 0 Å². The standard InChI is InChI=1S/C36H58O/c1-3-5-7-9-11-13-15-17-19-22-27-33-28-26-32-36(37-34-29-23-21-24-30-34)35(33)31-25-20-18-16-14-12-10-8-6-4-2/h21,23-24,26,28-30,32H,3-20,22,25,27,31H2,1-2H3. The molecule has 2 aromatic rings. The summed E-state index contributed by atoms with van der Waals surface area (Å²) in [7, 11) is 0. The third kappa shape index (κ3) is 15.3. The Hall–Kier alpha value is -1.76. The fourth-order valence-corrected chi connectivity index (χ4v) is 5.43. The molecule has 0 heterocycles. The van der Waals surface area contributed by atoms with Gasteiger partial charge in [0.05, 0.1) is 0 Å². The van der Waals surface area contributed by atoms with Gasteiger partial charge in [0.25, 0.3) is 0 Å². The van der Waals surface area contributed by atoms with Crippen LogP contribution in [-0.2, 0) is 12.8 Å². The van der Waals surface area contributed by atoms with Gasteiger partial charge in [0.15, 0.2) is 0 Å². The topological polar surface area (TPSA) is 9.23 Å². The number of para-hydroxylation sites is 1. The van der Waals surface area contributed by atoms with Gasteiger partial charge in [0, 0.05) is 0 Å². The van der Waals surface area contributed by atoms with Gasteiger partial charge >= 0.3 is 0 Å². The SMILES string of the molecule is CCCCCCCCCCCCc1cccc(Oc2ccccc2)c1CCCCCCCCCCCC. The summed E-state index contributed by atoms with van der Waals surface area (Å²) in [6.07, 6.45) is 30.1. The van der Waals surface area contributed by atoms with Gasteiger partial charge in [0.1, 0.15) is 11.5 Å². The van der Waals surface area contributed by atoms with E-state index in [1.807, 2.05) is 0 Å². The van der Waals surface area contributed by atoms with Crippen molar-refractivity contribution < 1.29 is 4.74 Å². The van der Waals surface area contributed by atoms with Crippen LogP contribution in [0.3, 0.4) is 0 Å². The lowest BCUT2D eigenvalue weighted by Gasteiger charge is -2.16. The minimum absolute atomic E-state index is 0.947. The summed E-state index contributed by atoms with van der Waals surface area (Å²) >= 11 is 0. The Morgan fingerprint density at radius 1 is 0.432 bits per heavy atom. The molecule has 0 aromatic heterocycles. The summed E-state index contributed by atoms with van der Waals surface area (Å²) in [5, 5.41) is 0. The van der Waals surface area contributed by atoms with Crippen molar-refractivity contribution >= 4 is 0 Å². The molecule has 0 aliphatic heterocycles. The number of hydrogen-bond acceptors (Lipinski definition) is 1. The van der Waals surface area contributed by atoms with Crippen molar-refractivity contribution in [3.8, 4) is 11.5 Å². The summed E-state index contributed by atoms with van der Waals surface area (Å²) in [5.41, 5.74) is 2.98. The van der Waals surface area contributed by atoms with Crippen molar-refractivity contribution in [1.82, 2.24) is 0 Å². The van der Waals surface area contributed by atoms with Gasteiger partial charge in [-0.25, -0.2) is 0 Å². The van der Waals surface area contributed by atoms with Crippen LogP contribution in [0.2, 0.25) is 0 Å². The highest BCUT2D eigenvalue weighted by Crippen LogP contribution is 2.30. The average molecular weight is 507 g/mol. The smallest absolute Gasteiger partial charge is 0.130 e. The Morgan fingerprint density at radius 3 is 1.41 bits per heavy atom. The van der Waals surface area contributed by atoms with Gasteiger partial charge < -0.3 is 4.74 Å². The predicted octanol–water partition coefficient (Wildman–Crippen LogP) is 12.4. The summed E-state index contributed by atoms with van der Waals surface area (Å²) in [4.78, 5) is 0. The highest BCUT2D eigenvalue weighted by atomic mass is 16.5. The first kappa shape index (κ1) is 31.5. The molecule has 0 radical (unpaired) electrons. The molecule has 0 amide bonds. The summed E-state index contributed by atoms with van der Waals surface area (Å²) < 4.78 is 6.39. The van der Waals surface area contributed by atoms with Crippen molar-refractivity contribution in [2.24, 2.45) is 0 Å². The second-order valence-corrected chi connectivity index (χ2v) is 11.2. The Balaban J connectivity index is 1.77. The largest absolute Gasteiger partial charge is 0.457 e. The van der Waals surface area contributed by atoms with E-state index in [4.69, 9.17) is 4.74 Å². The van der Waals surface area contributed by atoms with Gasteiger partial charge in [-0.05, 0) is 55.0 Å². The third-order valence-electron chi connectivity index (χ3n) is 7.78. The Morgan fingerprint density at radius 2 is 0.892 bits per heavy atom. The van der Waals surface area contributed by atoms with Gasteiger partial charge in [-0.15, -0.1) is 0 Å². The molecular weight excluding hydrogens is 448 g/mol. The lowest BCUT2D eigenvalue weighted by atomic mass is 9.95. The van der Waals surface area contributed by atoms with Gasteiger partial charge in [-0.3, -0.25) is 0 Å². The molecule has 0 aliphatic carbocycles. The fourth-order valence-electron chi connectivity index (χ4n) is 5.43. The van der Waals surface area contributed by atoms with Crippen LogP contribution in [0.4, 0.5) is 0 Å². The van der Waals surface area contributed by atoms with Gasteiger partial charge in [-0.2, -0.15) is 0 Å². The molecule has 0 saturated heterocycles. The molecular formula is C36H58O. The maximum Gasteiger partial charge on any atom is 0.130 e. The van der Waals surface area contributed by atoms with Crippen LogP contribution in [0, 0.1) is 0 Å². The number of rotatable bonds is 24. The molecule has 0 atom stereocenters. The average Bonchev–Trinajstić information content (AvgIpc) is 2.92. The summed E-state index contributed by atoms with van der Waals surface area (Å²) in [6.45, 7) is 4.60. The molecule has 2 aromatic carbocycles. The van der Waals surface area contributed by atoms with E-state index in [0.29, 0.717) is 0 Å². The number of hydrogen-bond donors (Lipinski definition) is 0. The number of ether oxygens (including phenoxy) is 1. The van der Waals surface area contributed by atoms with E-state index in [-0.39, 0.29) is 0 Å². The molecule has 2 rings (SSSR count). The first-order chi connectivity index (χ1) is 18.3. The first-order valence-corrected chi connectivity index (χ1v) is 16.2. The van der Waals surface area contributed by atoms with Crippen LogP contribution < -0.4 is 4.74 Å². The van der Waals surface area contributed by atoms with Gasteiger partial charge in [-0.1, -0.05) is 160 Å². The Kier molecular flexibility index (Phi) is 18.9. The van der Waals surface area contributed by atoms with Crippen molar-refractivity contribution in [3.05, 3.63) is 59.7 Å². The predicted molar refractivity (Wildman–Crippen MR) is 164 cm³/mol. The first-order valence-electron chi connectivity index (χ1n) is 16.2. The minimum Gasteiger partial charge on any atom is -0.457 e. The third-order valence-corrected chi connectivity index (χ3v) is 7.78. The number of unbranched alkanes of at least 4 members (excludes halogenated alkanes) is 18. The molecule has 208 valence electrons. The van der Waals surface area contributed by atoms with Crippen LogP contribution >= 0.6 is 0 Å². The molecule has 0 spiro atoms. The van der Waals surface area contributed by atoms with E-state index >= 15 is 0 Å². The number of benzene rings is 2. The van der Waals surface area contributed by atoms with Crippen LogP contribution in [0.25, 0.3) is 0 Å². The number of aryl methyl sites for hydroxylation is 1. The van der Waals surface area contributed by atoms with Crippen molar-refractivity contribution in [2.75, 3.05) is 0 Å². The molecule has 1 heteroatoms. The van der Waals surface area contributed by atoms with Crippen LogP contribution in [0.1, 0.15) is 153 Å². The van der Waals surface area contributed by atoms with E-state index in [1.165, 1.54) is 146 Å². The monoisotopic (exact) mass is 506 g/mol. The van der Waals surface area contributed by atoms with Crippen LogP contribution in [0.5, 0.6) is 11.5 Å². The zero-order valence-electron chi connectivity index (χ0n) is 24.6. The molecule has 0 N–H and O–H groups in total. The highest BCUT2D eigenvalue weighted by Gasteiger charge is 2.11. The maximum absolute atomic E-state index is 6.39. The molecule has 0 unspecified atom stereocenters. The molecule has 0 saturated carbocycles.